The fraction of sp³-hybridized carbons (Fsp3) is 0.333. The summed E-state index contributed by atoms with van der Waals surface area (Å²) in [5.74, 6) is 0.520. The lowest BCUT2D eigenvalue weighted by molar-refractivity contribution is 0.590. The van der Waals surface area contributed by atoms with E-state index in [1.807, 2.05) is 6.07 Å². The molecule has 2 heterocycles. The number of halogens is 1. The fourth-order valence-electron chi connectivity index (χ4n) is 2.66. The van der Waals surface area contributed by atoms with Crippen molar-refractivity contribution < 1.29 is 4.39 Å². The van der Waals surface area contributed by atoms with E-state index in [1.54, 1.807) is 24.5 Å². The molecule has 1 aromatic heterocycles. The minimum absolute atomic E-state index is 0.206. The van der Waals surface area contributed by atoms with Crippen LogP contribution < -0.4 is 15.5 Å². The van der Waals surface area contributed by atoms with Crippen molar-refractivity contribution in [2.45, 2.75) is 6.54 Å². The zero-order valence-corrected chi connectivity index (χ0v) is 11.7. The standard InChI is InChI=1S/C15H18FN5/c16-13-4-1-3-12(11-17)14(13)20-7-9-21(10-8-20)15-18-5-2-6-19-15/h1-6H,7-11,17H2. The van der Waals surface area contributed by atoms with Crippen molar-refractivity contribution in [3.63, 3.8) is 0 Å². The molecule has 110 valence electrons. The van der Waals surface area contributed by atoms with Gasteiger partial charge in [0.2, 0.25) is 5.95 Å². The van der Waals surface area contributed by atoms with Gasteiger partial charge in [0, 0.05) is 45.1 Å². The molecule has 0 amide bonds. The Labute approximate surface area is 123 Å². The van der Waals surface area contributed by atoms with Crippen molar-refractivity contribution in [1.29, 1.82) is 0 Å². The van der Waals surface area contributed by atoms with Crippen molar-refractivity contribution in [3.05, 3.63) is 48.0 Å². The largest absolute Gasteiger partial charge is 0.365 e. The third-order valence-corrected chi connectivity index (χ3v) is 3.72. The molecule has 3 rings (SSSR count). The SMILES string of the molecule is NCc1cccc(F)c1N1CCN(c2ncccn2)CC1. The van der Waals surface area contributed by atoms with Crippen LogP contribution in [0.3, 0.4) is 0 Å². The van der Waals surface area contributed by atoms with Crippen molar-refractivity contribution in [2.75, 3.05) is 36.0 Å². The monoisotopic (exact) mass is 287 g/mol. The van der Waals surface area contributed by atoms with Crippen LogP contribution in [0.5, 0.6) is 0 Å². The molecule has 1 aliphatic rings. The highest BCUT2D eigenvalue weighted by molar-refractivity contribution is 5.56. The second-order valence-electron chi connectivity index (χ2n) is 4.97. The molecular weight excluding hydrogens is 269 g/mol. The highest BCUT2D eigenvalue weighted by Gasteiger charge is 2.22. The zero-order valence-electron chi connectivity index (χ0n) is 11.7. The normalized spacial score (nSPS) is 15.3. The van der Waals surface area contributed by atoms with Gasteiger partial charge in [-0.05, 0) is 17.7 Å². The van der Waals surface area contributed by atoms with Crippen LogP contribution in [-0.2, 0) is 6.54 Å². The first-order valence-corrected chi connectivity index (χ1v) is 7.04. The molecule has 1 aromatic carbocycles. The minimum atomic E-state index is -0.206. The molecule has 0 saturated carbocycles. The van der Waals surface area contributed by atoms with Crippen LogP contribution >= 0.6 is 0 Å². The highest BCUT2D eigenvalue weighted by atomic mass is 19.1. The average Bonchev–Trinajstić information content (AvgIpc) is 2.55. The van der Waals surface area contributed by atoms with Gasteiger partial charge in [-0.1, -0.05) is 12.1 Å². The average molecular weight is 287 g/mol. The summed E-state index contributed by atoms with van der Waals surface area (Å²) in [5.41, 5.74) is 7.20. The van der Waals surface area contributed by atoms with Gasteiger partial charge < -0.3 is 15.5 Å². The number of hydrogen-bond donors (Lipinski definition) is 1. The van der Waals surface area contributed by atoms with Crippen molar-refractivity contribution in [1.82, 2.24) is 9.97 Å². The number of piperazine rings is 1. The van der Waals surface area contributed by atoms with Gasteiger partial charge in [0.25, 0.3) is 0 Å². The van der Waals surface area contributed by atoms with E-state index in [0.717, 1.165) is 37.7 Å². The van der Waals surface area contributed by atoms with E-state index in [9.17, 15) is 4.39 Å². The van der Waals surface area contributed by atoms with Gasteiger partial charge in [0.15, 0.2) is 0 Å². The van der Waals surface area contributed by atoms with Crippen LogP contribution in [0, 0.1) is 5.82 Å². The minimum Gasteiger partial charge on any atom is -0.365 e. The summed E-state index contributed by atoms with van der Waals surface area (Å²) >= 11 is 0. The maximum atomic E-state index is 14.1. The van der Waals surface area contributed by atoms with Gasteiger partial charge in [-0.25, -0.2) is 14.4 Å². The first kappa shape index (κ1) is 13.8. The van der Waals surface area contributed by atoms with Crippen molar-refractivity contribution in [2.24, 2.45) is 5.73 Å². The summed E-state index contributed by atoms with van der Waals surface area (Å²) in [6.07, 6.45) is 3.47. The Morgan fingerprint density at radius 3 is 2.33 bits per heavy atom. The Balaban J connectivity index is 1.75. The summed E-state index contributed by atoms with van der Waals surface area (Å²) in [4.78, 5) is 12.7. The van der Waals surface area contributed by atoms with E-state index >= 15 is 0 Å². The third-order valence-electron chi connectivity index (χ3n) is 3.72. The number of nitrogens with two attached hydrogens (primary N) is 1. The zero-order chi connectivity index (χ0) is 14.7. The fourth-order valence-corrected chi connectivity index (χ4v) is 2.66. The molecule has 6 heteroatoms. The van der Waals surface area contributed by atoms with Crippen LogP contribution in [0.25, 0.3) is 0 Å². The summed E-state index contributed by atoms with van der Waals surface area (Å²) in [6.45, 7) is 3.33. The number of benzene rings is 1. The molecule has 5 nitrogen and oxygen atoms in total. The molecule has 2 aromatic rings. The first-order valence-electron chi connectivity index (χ1n) is 7.04. The Morgan fingerprint density at radius 2 is 1.67 bits per heavy atom. The smallest absolute Gasteiger partial charge is 0.225 e. The summed E-state index contributed by atoms with van der Waals surface area (Å²) in [6, 6.07) is 6.87. The first-order chi connectivity index (χ1) is 10.3. The number of rotatable bonds is 3. The van der Waals surface area contributed by atoms with Crippen LogP contribution in [0.1, 0.15) is 5.56 Å². The summed E-state index contributed by atoms with van der Waals surface area (Å²) < 4.78 is 14.1. The molecule has 0 spiro atoms. The molecule has 0 bridgehead atoms. The van der Waals surface area contributed by atoms with E-state index in [1.165, 1.54) is 6.07 Å². The van der Waals surface area contributed by atoms with Gasteiger partial charge in [-0.2, -0.15) is 0 Å². The molecule has 1 aliphatic heterocycles. The summed E-state index contributed by atoms with van der Waals surface area (Å²) in [5, 5.41) is 0. The number of hydrogen-bond acceptors (Lipinski definition) is 5. The third kappa shape index (κ3) is 2.80. The lowest BCUT2D eigenvalue weighted by Gasteiger charge is -2.37. The van der Waals surface area contributed by atoms with E-state index in [0.29, 0.717) is 12.2 Å². The number of nitrogens with zero attached hydrogens (tertiary/aromatic N) is 4. The molecule has 1 fully saturated rings. The van der Waals surface area contributed by atoms with E-state index in [2.05, 4.69) is 19.8 Å². The number of anilines is 2. The predicted molar refractivity (Wildman–Crippen MR) is 80.7 cm³/mol. The van der Waals surface area contributed by atoms with Crippen LogP contribution in [0.15, 0.2) is 36.7 Å². The Kier molecular flexibility index (Phi) is 3.96. The quantitative estimate of drug-likeness (QED) is 0.925. The predicted octanol–water partition coefficient (Wildman–Crippen LogP) is 1.40. The van der Waals surface area contributed by atoms with Crippen LogP contribution in [0.2, 0.25) is 0 Å². The molecular formula is C15H18FN5. The van der Waals surface area contributed by atoms with Gasteiger partial charge in [0.1, 0.15) is 5.82 Å². The van der Waals surface area contributed by atoms with Gasteiger partial charge >= 0.3 is 0 Å². The van der Waals surface area contributed by atoms with E-state index < -0.39 is 0 Å². The lowest BCUT2D eigenvalue weighted by atomic mass is 10.1. The van der Waals surface area contributed by atoms with E-state index in [4.69, 9.17) is 5.73 Å². The Morgan fingerprint density at radius 1 is 1.00 bits per heavy atom. The second-order valence-corrected chi connectivity index (χ2v) is 4.97. The molecule has 1 saturated heterocycles. The number of aromatic nitrogens is 2. The Hall–Kier alpha value is -2.21. The van der Waals surface area contributed by atoms with Gasteiger partial charge in [-0.3, -0.25) is 0 Å². The maximum absolute atomic E-state index is 14.1. The maximum Gasteiger partial charge on any atom is 0.225 e. The Bertz CT molecular complexity index is 596. The summed E-state index contributed by atoms with van der Waals surface area (Å²) in [7, 11) is 0. The molecule has 21 heavy (non-hydrogen) atoms. The molecule has 0 aliphatic carbocycles. The highest BCUT2D eigenvalue weighted by Crippen LogP contribution is 2.25. The van der Waals surface area contributed by atoms with Crippen LogP contribution in [0.4, 0.5) is 16.0 Å². The molecule has 2 N–H and O–H groups in total. The molecule has 0 atom stereocenters. The lowest BCUT2D eigenvalue weighted by Crippen LogP contribution is -2.47. The topological polar surface area (TPSA) is 58.3 Å². The van der Waals surface area contributed by atoms with Gasteiger partial charge in [-0.15, -0.1) is 0 Å². The van der Waals surface area contributed by atoms with E-state index in [-0.39, 0.29) is 5.82 Å². The molecule has 0 unspecified atom stereocenters. The number of para-hydroxylation sites is 1. The van der Waals surface area contributed by atoms with Crippen LogP contribution in [-0.4, -0.2) is 36.1 Å². The van der Waals surface area contributed by atoms with Gasteiger partial charge in [0.05, 0.1) is 5.69 Å². The van der Waals surface area contributed by atoms with Crippen molar-refractivity contribution in [3.8, 4) is 0 Å². The van der Waals surface area contributed by atoms with Crippen molar-refractivity contribution >= 4 is 11.6 Å². The molecule has 0 radical (unpaired) electrons. The second kappa shape index (κ2) is 6.05.